The van der Waals surface area contributed by atoms with E-state index in [-0.39, 0.29) is 104 Å². The standard InChI is InChI=1S/C40H61NO11/c1-20-11-25-5-7-30-21(2)12-27(46-30)9-10-40-18-29(44)38(52-40)35-17-36(51-40)39-31(49-35)8-6-26(48-39)13-23(42)14-28-33(16-32(47-25)22(20)3)50-34(37(28)45-4)15-24(43)19-41/h20,24-39,43-44H,2-3,5-19,41H2,1,4H3/t20-,24?,25?,26?,27?,28?,29-,30?,31?,32-,33+,34-,35?,36?,37-,38?,39+,40-/m1/s1. The predicted octanol–water partition coefficient (Wildman–Crippen LogP) is 3.42. The molecule has 0 saturated carbocycles. The van der Waals surface area contributed by atoms with Crippen molar-refractivity contribution >= 4 is 5.78 Å². The Morgan fingerprint density at radius 2 is 1.63 bits per heavy atom. The van der Waals surface area contributed by atoms with Crippen molar-refractivity contribution in [1.29, 1.82) is 0 Å². The molecule has 292 valence electrons. The second-order valence-electron chi connectivity index (χ2n) is 17.2. The minimum Gasteiger partial charge on any atom is -0.392 e. The smallest absolute Gasteiger partial charge is 0.172 e. The lowest BCUT2D eigenvalue weighted by molar-refractivity contribution is -0.277. The van der Waals surface area contributed by atoms with Crippen LogP contribution in [0.1, 0.15) is 96.8 Å². The molecule has 8 aliphatic heterocycles. The van der Waals surface area contributed by atoms with Crippen molar-refractivity contribution in [2.45, 2.75) is 194 Å². The number of carbonyl (C=O) groups is 1. The Hall–Kier alpha value is -1.29. The number of aliphatic hydroxyl groups excluding tert-OH is 2. The molecule has 52 heavy (non-hydrogen) atoms. The van der Waals surface area contributed by atoms with Crippen LogP contribution in [0, 0.1) is 11.8 Å². The van der Waals surface area contributed by atoms with E-state index < -0.39 is 30.2 Å². The Morgan fingerprint density at radius 3 is 2.44 bits per heavy atom. The molecule has 4 N–H and O–H groups in total. The van der Waals surface area contributed by atoms with E-state index >= 15 is 0 Å². The first-order valence-corrected chi connectivity index (χ1v) is 20.1. The average molecular weight is 732 g/mol. The van der Waals surface area contributed by atoms with Gasteiger partial charge in [0, 0.05) is 64.5 Å². The SMILES string of the molecule is C=C1CC2CC[C@]34C[C@@H](O)C(O3)C3CC(O4)[C@H]4OC(CCC4O3)CC(=O)CC3[C@H](C[C@H]4OC(CCC1O2)C[C@@H](C)C4=C)O[C@H](CC(O)CN)[C@@H]3OC. The van der Waals surface area contributed by atoms with Crippen molar-refractivity contribution in [2.24, 2.45) is 17.6 Å². The third-order valence-corrected chi connectivity index (χ3v) is 13.6. The van der Waals surface area contributed by atoms with Crippen LogP contribution in [0.15, 0.2) is 24.3 Å². The van der Waals surface area contributed by atoms with E-state index in [9.17, 15) is 15.0 Å². The summed E-state index contributed by atoms with van der Waals surface area (Å²) in [5.74, 6) is -0.819. The fraction of sp³-hybridized carbons (Fsp3) is 0.875. The van der Waals surface area contributed by atoms with Gasteiger partial charge in [-0.05, 0) is 62.0 Å². The maximum atomic E-state index is 14.0. The molecule has 0 aromatic carbocycles. The molecule has 1 spiro atoms. The third-order valence-electron chi connectivity index (χ3n) is 13.6. The normalized spacial score (nSPS) is 50.4. The highest BCUT2D eigenvalue weighted by Gasteiger charge is 2.59. The summed E-state index contributed by atoms with van der Waals surface area (Å²) < 4.78 is 52.9. The zero-order chi connectivity index (χ0) is 36.3. The van der Waals surface area contributed by atoms with Gasteiger partial charge >= 0.3 is 0 Å². The topological polar surface area (TPSA) is 157 Å². The Labute approximate surface area is 308 Å². The molecule has 0 aromatic rings. The average Bonchev–Trinajstić information content (AvgIpc) is 3.72. The van der Waals surface area contributed by atoms with Gasteiger partial charge in [0.15, 0.2) is 5.79 Å². The first-order chi connectivity index (χ1) is 25.0. The Bertz CT molecular complexity index is 1330. The number of hydrogen-bond acceptors (Lipinski definition) is 12. The summed E-state index contributed by atoms with van der Waals surface area (Å²) >= 11 is 0. The summed E-state index contributed by atoms with van der Waals surface area (Å²) in [6.45, 7) is 11.2. The highest BCUT2D eigenvalue weighted by molar-refractivity contribution is 5.79. The third kappa shape index (κ3) is 7.48. The van der Waals surface area contributed by atoms with Crippen LogP contribution in [0.4, 0.5) is 0 Å². The molecule has 10 unspecified atom stereocenters. The van der Waals surface area contributed by atoms with Gasteiger partial charge in [-0.15, -0.1) is 0 Å². The first kappa shape index (κ1) is 37.6. The summed E-state index contributed by atoms with van der Waals surface area (Å²) in [5, 5.41) is 21.7. The number of rotatable bonds is 4. The van der Waals surface area contributed by atoms with Gasteiger partial charge in [0.05, 0.1) is 79.4 Å². The highest BCUT2D eigenvalue weighted by Crippen LogP contribution is 2.49. The van der Waals surface area contributed by atoms with Crippen LogP contribution in [0.3, 0.4) is 0 Å². The van der Waals surface area contributed by atoms with Crippen LogP contribution >= 0.6 is 0 Å². The summed E-state index contributed by atoms with van der Waals surface area (Å²) in [7, 11) is 1.65. The number of methoxy groups -OCH3 is 1. The van der Waals surface area contributed by atoms with Gasteiger partial charge in [0.1, 0.15) is 18.0 Å². The number of ether oxygens (including phenoxy) is 8. The number of aliphatic hydroxyl groups is 2. The van der Waals surface area contributed by atoms with Crippen molar-refractivity contribution < 1.29 is 52.9 Å². The lowest BCUT2D eigenvalue weighted by atomic mass is 9.81. The van der Waals surface area contributed by atoms with Gasteiger partial charge in [-0.2, -0.15) is 0 Å². The summed E-state index contributed by atoms with van der Waals surface area (Å²) in [5.41, 5.74) is 7.96. The molecule has 10 bridgehead atoms. The van der Waals surface area contributed by atoms with E-state index in [2.05, 4.69) is 20.1 Å². The van der Waals surface area contributed by atoms with Crippen molar-refractivity contribution in [3.63, 3.8) is 0 Å². The molecule has 18 atom stereocenters. The van der Waals surface area contributed by atoms with Crippen LogP contribution in [0.25, 0.3) is 0 Å². The van der Waals surface area contributed by atoms with E-state index in [1.54, 1.807) is 7.11 Å². The summed E-state index contributed by atoms with van der Waals surface area (Å²) in [6.07, 6.45) is 3.90. The molecule has 12 heteroatoms. The molecule has 8 heterocycles. The molecule has 8 aliphatic rings. The maximum absolute atomic E-state index is 14.0. The summed E-state index contributed by atoms with van der Waals surface area (Å²) in [6, 6.07) is 0. The lowest BCUT2D eigenvalue weighted by Crippen LogP contribution is -2.58. The maximum Gasteiger partial charge on any atom is 0.172 e. The van der Waals surface area contributed by atoms with Crippen LogP contribution in [0.5, 0.6) is 0 Å². The fourth-order valence-corrected chi connectivity index (χ4v) is 10.8. The zero-order valence-corrected chi connectivity index (χ0v) is 31.0. The zero-order valence-electron chi connectivity index (χ0n) is 31.0. The first-order valence-electron chi connectivity index (χ1n) is 20.1. The molecule has 12 nitrogen and oxygen atoms in total. The molecule has 8 saturated heterocycles. The molecule has 0 amide bonds. The number of carbonyl (C=O) groups excluding carboxylic acids is 1. The molecule has 8 fully saturated rings. The summed E-state index contributed by atoms with van der Waals surface area (Å²) in [4.78, 5) is 14.0. The van der Waals surface area contributed by atoms with Crippen molar-refractivity contribution in [1.82, 2.24) is 0 Å². The largest absolute Gasteiger partial charge is 0.392 e. The quantitative estimate of drug-likeness (QED) is 0.363. The fourth-order valence-electron chi connectivity index (χ4n) is 10.8. The van der Waals surface area contributed by atoms with E-state index in [1.165, 1.54) is 0 Å². The minimum absolute atomic E-state index is 0.00397. The number of ketones is 1. The molecule has 8 rings (SSSR count). The van der Waals surface area contributed by atoms with Crippen LogP contribution in [-0.2, 0) is 42.7 Å². The van der Waals surface area contributed by atoms with Crippen LogP contribution in [0.2, 0.25) is 0 Å². The Balaban J connectivity index is 1.06. The molecule has 0 aromatic heterocycles. The molecule has 0 radical (unpaired) electrons. The highest BCUT2D eigenvalue weighted by atomic mass is 16.7. The van der Waals surface area contributed by atoms with Gasteiger partial charge in [0.2, 0.25) is 0 Å². The predicted molar refractivity (Wildman–Crippen MR) is 188 cm³/mol. The van der Waals surface area contributed by atoms with Crippen LogP contribution < -0.4 is 5.73 Å². The van der Waals surface area contributed by atoms with Gasteiger partial charge in [-0.1, -0.05) is 20.1 Å². The van der Waals surface area contributed by atoms with Crippen molar-refractivity contribution in [3.8, 4) is 0 Å². The van der Waals surface area contributed by atoms with E-state index in [0.29, 0.717) is 38.5 Å². The lowest BCUT2D eigenvalue weighted by Gasteiger charge is -2.47. The van der Waals surface area contributed by atoms with Crippen molar-refractivity contribution in [2.75, 3.05) is 13.7 Å². The number of fused-ring (bicyclic) bond motifs is 9. The number of Topliss-reactive ketones (excluding diaryl/α,β-unsaturated/α-hetero) is 1. The second-order valence-corrected chi connectivity index (χ2v) is 17.2. The van der Waals surface area contributed by atoms with Gasteiger partial charge < -0.3 is 53.8 Å². The minimum atomic E-state index is -0.947. The van der Waals surface area contributed by atoms with E-state index in [4.69, 9.17) is 43.6 Å². The number of hydrogen-bond donors (Lipinski definition) is 3. The van der Waals surface area contributed by atoms with E-state index in [0.717, 1.165) is 49.7 Å². The van der Waals surface area contributed by atoms with Crippen molar-refractivity contribution in [3.05, 3.63) is 24.3 Å². The number of nitrogens with two attached hydrogens (primary N) is 1. The second kappa shape index (κ2) is 15.3. The van der Waals surface area contributed by atoms with E-state index in [1.807, 2.05) is 0 Å². The van der Waals surface area contributed by atoms with Gasteiger partial charge in [-0.3, -0.25) is 4.79 Å². The van der Waals surface area contributed by atoms with Gasteiger partial charge in [0.25, 0.3) is 0 Å². The Morgan fingerprint density at radius 1 is 0.846 bits per heavy atom. The molecular formula is C40H61NO11. The van der Waals surface area contributed by atoms with Gasteiger partial charge in [-0.25, -0.2) is 0 Å². The Kier molecular flexibility index (Phi) is 11.1. The monoisotopic (exact) mass is 731 g/mol. The molecular weight excluding hydrogens is 670 g/mol. The molecule has 0 aliphatic carbocycles. The van der Waals surface area contributed by atoms with Crippen LogP contribution in [-0.4, -0.2) is 127 Å².